The summed E-state index contributed by atoms with van der Waals surface area (Å²) in [5.74, 6) is -7.81. The summed E-state index contributed by atoms with van der Waals surface area (Å²) in [4.78, 5) is 78.8. The summed E-state index contributed by atoms with van der Waals surface area (Å²) in [6.07, 6.45) is 0. The van der Waals surface area contributed by atoms with Crippen LogP contribution in [0.15, 0.2) is 54.6 Å². The normalized spacial score (nSPS) is 13.7. The molecule has 1 aliphatic rings. The number of hydrogen-bond acceptors (Lipinski definition) is 9. The van der Waals surface area contributed by atoms with Gasteiger partial charge in [0.1, 0.15) is 17.2 Å². The minimum Gasteiger partial charge on any atom is -0.508 e. The number of phenols is 3. The van der Waals surface area contributed by atoms with E-state index < -0.39 is 52.9 Å². The molecular weight excluding hydrogens is 594 g/mol. The first-order valence-corrected chi connectivity index (χ1v) is 13.3. The van der Waals surface area contributed by atoms with Crippen LogP contribution in [0.25, 0.3) is 0 Å². The van der Waals surface area contributed by atoms with E-state index in [1.165, 1.54) is 14.7 Å². The maximum absolute atomic E-state index is 13.5. The van der Waals surface area contributed by atoms with Crippen molar-refractivity contribution >= 4 is 35.6 Å². The van der Waals surface area contributed by atoms with E-state index in [2.05, 4.69) is 0 Å². The lowest BCUT2D eigenvalue weighted by Crippen LogP contribution is -2.41. The van der Waals surface area contributed by atoms with Gasteiger partial charge in [0.25, 0.3) is 17.7 Å². The Kier molecular flexibility index (Phi) is 9.21. The number of amides is 3. The average molecular weight is 622 g/mol. The Labute approximate surface area is 254 Å². The number of benzene rings is 3. The van der Waals surface area contributed by atoms with Crippen LogP contribution in [0.3, 0.4) is 0 Å². The molecule has 0 unspecified atom stereocenters. The highest BCUT2D eigenvalue weighted by Crippen LogP contribution is 2.22. The summed E-state index contributed by atoms with van der Waals surface area (Å²) in [5.41, 5.74) is -1.60. The number of phenolic OH excluding ortho intramolecular Hbond substituents is 3. The SMILES string of the molecule is O=C(O)c1cc(O)cc(C(=O)N2CCN(C(=O)c3cc(O)cc(C(=O)O)c3)CCN(C(=O)c3cc(O)cc(C(=O)O)c3)CC2)c1. The highest BCUT2D eigenvalue weighted by atomic mass is 16.4. The predicted molar refractivity (Wildman–Crippen MR) is 153 cm³/mol. The van der Waals surface area contributed by atoms with Crippen molar-refractivity contribution in [2.45, 2.75) is 0 Å². The zero-order valence-electron chi connectivity index (χ0n) is 23.4. The Morgan fingerprint density at radius 2 is 0.578 bits per heavy atom. The number of hydrogen-bond donors (Lipinski definition) is 6. The van der Waals surface area contributed by atoms with Gasteiger partial charge in [0, 0.05) is 56.0 Å². The summed E-state index contributed by atoms with van der Waals surface area (Å²) < 4.78 is 0. The van der Waals surface area contributed by atoms with Crippen molar-refractivity contribution in [3.8, 4) is 17.2 Å². The molecule has 234 valence electrons. The van der Waals surface area contributed by atoms with Crippen LogP contribution in [0.1, 0.15) is 62.1 Å². The van der Waals surface area contributed by atoms with E-state index in [4.69, 9.17) is 0 Å². The molecule has 15 heteroatoms. The number of aromatic carboxylic acids is 3. The molecule has 1 fully saturated rings. The average Bonchev–Trinajstić information content (AvgIpc) is 3.09. The van der Waals surface area contributed by atoms with Crippen molar-refractivity contribution < 1.29 is 59.4 Å². The van der Waals surface area contributed by atoms with Crippen molar-refractivity contribution in [1.82, 2.24) is 14.7 Å². The maximum Gasteiger partial charge on any atom is 0.335 e. The molecule has 0 bridgehead atoms. The molecule has 15 nitrogen and oxygen atoms in total. The van der Waals surface area contributed by atoms with Crippen molar-refractivity contribution in [2.24, 2.45) is 0 Å². The molecule has 3 aromatic carbocycles. The lowest BCUT2D eigenvalue weighted by molar-refractivity contribution is 0.0672. The number of aromatic hydroxyl groups is 3. The van der Waals surface area contributed by atoms with Gasteiger partial charge < -0.3 is 45.3 Å². The largest absolute Gasteiger partial charge is 0.508 e. The third-order valence-corrected chi connectivity index (χ3v) is 7.02. The molecule has 0 aliphatic carbocycles. The molecule has 4 rings (SSSR count). The van der Waals surface area contributed by atoms with Gasteiger partial charge in [-0.15, -0.1) is 0 Å². The maximum atomic E-state index is 13.5. The van der Waals surface area contributed by atoms with E-state index in [0.29, 0.717) is 0 Å². The van der Waals surface area contributed by atoms with E-state index >= 15 is 0 Å². The molecule has 0 atom stereocenters. The second kappa shape index (κ2) is 13.0. The smallest absolute Gasteiger partial charge is 0.335 e. The first-order chi connectivity index (χ1) is 21.2. The van der Waals surface area contributed by atoms with Gasteiger partial charge in [0.05, 0.1) is 16.7 Å². The molecular formula is C30H27N3O12. The van der Waals surface area contributed by atoms with Crippen molar-refractivity contribution in [3.05, 3.63) is 88.0 Å². The monoisotopic (exact) mass is 621 g/mol. The molecule has 1 aliphatic heterocycles. The molecule has 3 amide bonds. The first kappa shape index (κ1) is 31.8. The Morgan fingerprint density at radius 1 is 0.378 bits per heavy atom. The van der Waals surface area contributed by atoms with E-state index in [9.17, 15) is 59.4 Å². The van der Waals surface area contributed by atoms with Crippen molar-refractivity contribution in [2.75, 3.05) is 39.3 Å². The third kappa shape index (κ3) is 7.45. The second-order valence-electron chi connectivity index (χ2n) is 10.1. The number of carbonyl (C=O) groups is 6. The van der Waals surface area contributed by atoms with Crippen LogP contribution in [0, 0.1) is 0 Å². The van der Waals surface area contributed by atoms with Gasteiger partial charge in [-0.3, -0.25) is 14.4 Å². The van der Waals surface area contributed by atoms with E-state index in [1.54, 1.807) is 0 Å². The Morgan fingerprint density at radius 3 is 0.778 bits per heavy atom. The summed E-state index contributed by atoms with van der Waals surface area (Å²) >= 11 is 0. The Balaban J connectivity index is 1.71. The fourth-order valence-corrected chi connectivity index (χ4v) is 4.79. The van der Waals surface area contributed by atoms with Gasteiger partial charge in [-0.25, -0.2) is 14.4 Å². The highest BCUT2D eigenvalue weighted by Gasteiger charge is 2.28. The fraction of sp³-hybridized carbons (Fsp3) is 0.200. The molecule has 3 aromatic rings. The van der Waals surface area contributed by atoms with Gasteiger partial charge >= 0.3 is 17.9 Å². The van der Waals surface area contributed by atoms with Gasteiger partial charge in [-0.2, -0.15) is 0 Å². The van der Waals surface area contributed by atoms with Gasteiger partial charge in [0.15, 0.2) is 0 Å². The first-order valence-electron chi connectivity index (χ1n) is 13.3. The number of carbonyl (C=O) groups excluding carboxylic acids is 3. The van der Waals surface area contributed by atoms with Gasteiger partial charge in [-0.1, -0.05) is 0 Å². The Bertz CT molecular complexity index is 1510. The minimum absolute atomic E-state index is 0.134. The minimum atomic E-state index is -1.39. The summed E-state index contributed by atoms with van der Waals surface area (Å²) in [5, 5.41) is 58.2. The van der Waals surface area contributed by atoms with Crippen molar-refractivity contribution in [3.63, 3.8) is 0 Å². The van der Waals surface area contributed by atoms with Crippen LogP contribution in [0.4, 0.5) is 0 Å². The lowest BCUT2D eigenvalue weighted by atomic mass is 10.1. The molecule has 45 heavy (non-hydrogen) atoms. The van der Waals surface area contributed by atoms with Crippen LogP contribution in [-0.2, 0) is 0 Å². The van der Waals surface area contributed by atoms with E-state index in [0.717, 1.165) is 54.6 Å². The lowest BCUT2D eigenvalue weighted by Gasteiger charge is -2.26. The molecule has 1 saturated heterocycles. The van der Waals surface area contributed by atoms with Crippen LogP contribution in [0.2, 0.25) is 0 Å². The molecule has 6 N–H and O–H groups in total. The molecule has 0 aromatic heterocycles. The van der Waals surface area contributed by atoms with Crippen molar-refractivity contribution in [1.29, 1.82) is 0 Å². The highest BCUT2D eigenvalue weighted by molar-refractivity contribution is 6.00. The molecule has 0 radical (unpaired) electrons. The van der Waals surface area contributed by atoms with Gasteiger partial charge in [-0.05, 0) is 54.6 Å². The zero-order valence-corrected chi connectivity index (χ0v) is 23.4. The number of nitrogens with zero attached hydrogens (tertiary/aromatic N) is 3. The Hall–Kier alpha value is -6.12. The topological polar surface area (TPSA) is 234 Å². The van der Waals surface area contributed by atoms with E-state index in [1.807, 2.05) is 0 Å². The molecule has 0 spiro atoms. The van der Waals surface area contributed by atoms with Crippen LogP contribution < -0.4 is 0 Å². The van der Waals surface area contributed by atoms with Crippen LogP contribution in [0.5, 0.6) is 17.2 Å². The fourth-order valence-electron chi connectivity index (χ4n) is 4.79. The van der Waals surface area contributed by atoms with Crippen LogP contribution in [-0.4, -0.2) is 120 Å². The number of carboxylic acid groups (broad SMARTS) is 3. The zero-order chi connectivity index (χ0) is 33.0. The molecule has 1 heterocycles. The number of carboxylic acids is 3. The number of rotatable bonds is 6. The summed E-state index contributed by atoms with van der Waals surface area (Å²) in [6, 6.07) is 9.24. The molecule has 0 saturated carbocycles. The summed E-state index contributed by atoms with van der Waals surface area (Å²) in [7, 11) is 0. The predicted octanol–water partition coefficient (Wildman–Crippen LogP) is 1.64. The third-order valence-electron chi connectivity index (χ3n) is 7.02. The van der Waals surface area contributed by atoms with Crippen LogP contribution >= 0.6 is 0 Å². The second-order valence-corrected chi connectivity index (χ2v) is 10.1. The van der Waals surface area contributed by atoms with Gasteiger partial charge in [0.2, 0.25) is 0 Å². The van der Waals surface area contributed by atoms with E-state index in [-0.39, 0.29) is 72.6 Å². The summed E-state index contributed by atoms with van der Waals surface area (Å²) in [6.45, 7) is -0.806. The standard InChI is InChI=1S/C30H27N3O12/c34-22-10-16(7-19(13-22)28(40)41)25(37)31-1-2-32(26(38)17-8-20(29(42)43)14-23(35)11-17)5-6-33(4-3-31)27(39)18-9-21(30(44)45)15-24(36)12-18/h7-15,34-36H,1-6H2,(H,40,41)(H,42,43)(H,44,45). The quantitative estimate of drug-likeness (QED) is 0.231.